The summed E-state index contributed by atoms with van der Waals surface area (Å²) in [6.07, 6.45) is 2.68. The fourth-order valence-electron chi connectivity index (χ4n) is 2.59. The number of hydrogen-bond acceptors (Lipinski definition) is 4. The van der Waals surface area contributed by atoms with E-state index in [-0.39, 0.29) is 5.84 Å². The average molecular weight is 291 g/mol. The lowest BCUT2D eigenvalue weighted by Crippen LogP contribution is -2.36. The minimum absolute atomic E-state index is 0.143. The van der Waals surface area contributed by atoms with Crippen molar-refractivity contribution < 1.29 is 9.94 Å². The summed E-state index contributed by atoms with van der Waals surface area (Å²) in [5, 5.41) is 11.7. The second kappa shape index (κ2) is 7.43. The van der Waals surface area contributed by atoms with Gasteiger partial charge in [-0.25, -0.2) is 0 Å². The number of hydrogen-bond donors (Lipinski definition) is 2. The van der Waals surface area contributed by atoms with E-state index < -0.39 is 0 Å². The van der Waals surface area contributed by atoms with Gasteiger partial charge in [-0.05, 0) is 31.2 Å². The van der Waals surface area contributed by atoms with Crippen LogP contribution >= 0.6 is 0 Å². The van der Waals surface area contributed by atoms with Crippen LogP contribution in [0.25, 0.3) is 0 Å². The lowest BCUT2D eigenvalue weighted by Gasteiger charge is -2.29. The third kappa shape index (κ3) is 4.44. The van der Waals surface area contributed by atoms with Crippen LogP contribution in [0.2, 0.25) is 0 Å². The molecule has 1 aromatic carbocycles. The van der Waals surface area contributed by atoms with Crippen LogP contribution in [0.5, 0.6) is 0 Å². The van der Waals surface area contributed by atoms with Gasteiger partial charge in [0.15, 0.2) is 5.84 Å². The number of amidine groups is 1. The number of rotatable bonds is 8. The number of ether oxygens (including phenoxy) is 1. The van der Waals surface area contributed by atoms with Crippen molar-refractivity contribution in [1.82, 2.24) is 4.90 Å². The molecule has 0 radical (unpaired) electrons. The third-order valence-corrected chi connectivity index (χ3v) is 4.21. The molecule has 0 heterocycles. The molecule has 0 aromatic heterocycles. The van der Waals surface area contributed by atoms with E-state index in [1.54, 1.807) is 7.11 Å². The van der Waals surface area contributed by atoms with Crippen LogP contribution < -0.4 is 5.73 Å². The Morgan fingerprint density at radius 3 is 2.62 bits per heavy atom. The molecule has 1 saturated carbocycles. The van der Waals surface area contributed by atoms with Crippen molar-refractivity contribution in [2.24, 2.45) is 16.8 Å². The molecule has 3 N–H and O–H groups in total. The molecule has 116 valence electrons. The van der Waals surface area contributed by atoms with Crippen molar-refractivity contribution in [3.63, 3.8) is 0 Å². The summed E-state index contributed by atoms with van der Waals surface area (Å²) < 4.78 is 5.22. The SMILES string of the molecule is COCCN(Cc1ccc(C(N)=NO)cc1)C(C)C1CC1. The Bertz CT molecular complexity index is 469. The Morgan fingerprint density at radius 1 is 1.43 bits per heavy atom. The second-order valence-electron chi connectivity index (χ2n) is 5.72. The minimum atomic E-state index is 0.143. The summed E-state index contributed by atoms with van der Waals surface area (Å²) in [5.41, 5.74) is 7.55. The molecule has 0 bridgehead atoms. The molecule has 0 aliphatic heterocycles. The molecule has 1 fully saturated rings. The summed E-state index contributed by atoms with van der Waals surface area (Å²) in [5.74, 6) is 0.974. The molecule has 5 nitrogen and oxygen atoms in total. The fourth-order valence-corrected chi connectivity index (χ4v) is 2.59. The van der Waals surface area contributed by atoms with Gasteiger partial charge in [-0.2, -0.15) is 0 Å². The van der Waals surface area contributed by atoms with Crippen LogP contribution in [0.3, 0.4) is 0 Å². The second-order valence-corrected chi connectivity index (χ2v) is 5.72. The zero-order valence-corrected chi connectivity index (χ0v) is 12.8. The molecule has 1 aliphatic carbocycles. The largest absolute Gasteiger partial charge is 0.409 e. The molecule has 0 saturated heterocycles. The Morgan fingerprint density at radius 2 is 2.10 bits per heavy atom. The maximum absolute atomic E-state index is 8.68. The summed E-state index contributed by atoms with van der Waals surface area (Å²) >= 11 is 0. The molecule has 1 atom stereocenters. The van der Waals surface area contributed by atoms with Crippen LogP contribution in [0.4, 0.5) is 0 Å². The molecule has 0 spiro atoms. The minimum Gasteiger partial charge on any atom is -0.409 e. The van der Waals surface area contributed by atoms with Crippen LogP contribution in [0.15, 0.2) is 29.4 Å². The van der Waals surface area contributed by atoms with Gasteiger partial charge in [0.1, 0.15) is 0 Å². The van der Waals surface area contributed by atoms with Gasteiger partial charge in [-0.1, -0.05) is 29.4 Å². The fraction of sp³-hybridized carbons (Fsp3) is 0.562. The lowest BCUT2D eigenvalue weighted by atomic mass is 10.1. The predicted molar refractivity (Wildman–Crippen MR) is 83.4 cm³/mol. The maximum atomic E-state index is 8.68. The van der Waals surface area contributed by atoms with E-state index in [0.717, 1.165) is 31.2 Å². The molecule has 2 rings (SSSR count). The van der Waals surface area contributed by atoms with Crippen LogP contribution in [-0.2, 0) is 11.3 Å². The van der Waals surface area contributed by atoms with Gasteiger partial charge in [-0.3, -0.25) is 4.90 Å². The highest BCUT2D eigenvalue weighted by Gasteiger charge is 2.31. The zero-order chi connectivity index (χ0) is 15.2. The first kappa shape index (κ1) is 15.8. The van der Waals surface area contributed by atoms with Crippen molar-refractivity contribution in [3.8, 4) is 0 Å². The molecule has 1 unspecified atom stereocenters. The van der Waals surface area contributed by atoms with Crippen molar-refractivity contribution in [3.05, 3.63) is 35.4 Å². The Labute approximate surface area is 126 Å². The third-order valence-electron chi connectivity index (χ3n) is 4.21. The van der Waals surface area contributed by atoms with E-state index >= 15 is 0 Å². The summed E-state index contributed by atoms with van der Waals surface area (Å²) in [7, 11) is 1.74. The highest BCUT2D eigenvalue weighted by atomic mass is 16.5. The van der Waals surface area contributed by atoms with Crippen molar-refractivity contribution in [2.75, 3.05) is 20.3 Å². The first-order valence-corrected chi connectivity index (χ1v) is 7.45. The van der Waals surface area contributed by atoms with Gasteiger partial charge >= 0.3 is 0 Å². The smallest absolute Gasteiger partial charge is 0.170 e. The van der Waals surface area contributed by atoms with Gasteiger partial charge in [0.05, 0.1) is 6.61 Å². The van der Waals surface area contributed by atoms with Crippen LogP contribution in [0, 0.1) is 5.92 Å². The van der Waals surface area contributed by atoms with Crippen molar-refractivity contribution in [1.29, 1.82) is 0 Å². The maximum Gasteiger partial charge on any atom is 0.170 e. The number of benzene rings is 1. The predicted octanol–water partition coefficient (Wildman–Crippen LogP) is 2.03. The number of methoxy groups -OCH3 is 1. The van der Waals surface area contributed by atoms with E-state index in [2.05, 4.69) is 17.0 Å². The first-order valence-electron chi connectivity index (χ1n) is 7.45. The molecule has 21 heavy (non-hydrogen) atoms. The van der Waals surface area contributed by atoms with E-state index in [0.29, 0.717) is 6.04 Å². The quantitative estimate of drug-likeness (QED) is 0.333. The molecular formula is C16H25N3O2. The molecular weight excluding hydrogens is 266 g/mol. The summed E-state index contributed by atoms with van der Waals surface area (Å²) in [4.78, 5) is 2.47. The average Bonchev–Trinajstić information content (AvgIpc) is 3.35. The standard InChI is InChI=1S/C16H25N3O2/c1-12(14-7-8-14)19(9-10-21-2)11-13-3-5-15(6-4-13)16(17)18-20/h3-6,12,14,20H,7-11H2,1-2H3,(H2,17,18). The Kier molecular flexibility index (Phi) is 5.59. The van der Waals surface area contributed by atoms with Gasteiger partial charge in [0.2, 0.25) is 0 Å². The van der Waals surface area contributed by atoms with Crippen molar-refractivity contribution >= 4 is 5.84 Å². The van der Waals surface area contributed by atoms with E-state index in [1.807, 2.05) is 24.3 Å². The van der Waals surface area contributed by atoms with E-state index in [1.165, 1.54) is 18.4 Å². The highest BCUT2D eigenvalue weighted by molar-refractivity contribution is 5.96. The normalized spacial score (nSPS) is 17.2. The number of oxime groups is 1. The topological polar surface area (TPSA) is 71.1 Å². The first-order chi connectivity index (χ1) is 10.2. The van der Waals surface area contributed by atoms with Gasteiger partial charge < -0.3 is 15.7 Å². The monoisotopic (exact) mass is 291 g/mol. The zero-order valence-electron chi connectivity index (χ0n) is 12.8. The highest BCUT2D eigenvalue weighted by Crippen LogP contribution is 2.35. The molecule has 1 aliphatic rings. The van der Waals surface area contributed by atoms with Gasteiger partial charge in [-0.15, -0.1) is 0 Å². The van der Waals surface area contributed by atoms with Crippen molar-refractivity contribution in [2.45, 2.75) is 32.4 Å². The summed E-state index contributed by atoms with van der Waals surface area (Å²) in [6.45, 7) is 4.89. The van der Waals surface area contributed by atoms with Crippen LogP contribution in [0.1, 0.15) is 30.9 Å². The van der Waals surface area contributed by atoms with E-state index in [4.69, 9.17) is 15.7 Å². The van der Waals surface area contributed by atoms with E-state index in [9.17, 15) is 0 Å². The Balaban J connectivity index is 2.01. The number of nitrogens with zero attached hydrogens (tertiary/aromatic N) is 2. The molecule has 0 amide bonds. The molecule has 5 heteroatoms. The summed E-state index contributed by atoms with van der Waals surface area (Å²) in [6, 6.07) is 8.44. The lowest BCUT2D eigenvalue weighted by molar-refractivity contribution is 0.111. The van der Waals surface area contributed by atoms with Crippen LogP contribution in [-0.4, -0.2) is 42.2 Å². The molecule has 1 aromatic rings. The van der Waals surface area contributed by atoms with Gasteiger partial charge in [0, 0.05) is 31.8 Å². The van der Waals surface area contributed by atoms with Gasteiger partial charge in [0.25, 0.3) is 0 Å². The Hall–Kier alpha value is -1.59. The number of nitrogens with two attached hydrogens (primary N) is 1.